The van der Waals surface area contributed by atoms with Crippen LogP contribution in [-0.2, 0) is 16.3 Å². The highest BCUT2D eigenvalue weighted by molar-refractivity contribution is 8.19. The number of hydrogen-bond donors (Lipinski definition) is 0. The minimum atomic E-state index is -4.63. The van der Waals surface area contributed by atoms with E-state index in [0.29, 0.717) is 10.6 Å². The van der Waals surface area contributed by atoms with Gasteiger partial charge in [0.25, 0.3) is 0 Å². The first kappa shape index (κ1) is 19.4. The predicted molar refractivity (Wildman–Crippen MR) is 98.1 cm³/mol. The molecule has 0 bridgehead atoms. The van der Waals surface area contributed by atoms with Crippen LogP contribution in [0.2, 0.25) is 0 Å². The fourth-order valence-corrected chi connectivity index (χ4v) is 6.29. The van der Waals surface area contributed by atoms with E-state index in [2.05, 4.69) is 0 Å². The maximum Gasteiger partial charge on any atom is 0.416 e. The monoisotopic (exact) mass is 420 g/mol. The van der Waals surface area contributed by atoms with Gasteiger partial charge in [-0.05, 0) is 42.3 Å². The first-order valence-electron chi connectivity index (χ1n) is 7.62. The van der Waals surface area contributed by atoms with E-state index in [1.165, 1.54) is 19.1 Å². The number of benzene rings is 2. The Labute approximate surface area is 158 Å². The maximum absolute atomic E-state index is 13.0. The SMILES string of the molecule is Cc1ccc(S(=O)(=O)Oc2ccc(C3SCCS3)cc2)cc1C(F)(F)F. The van der Waals surface area contributed by atoms with Gasteiger partial charge in [-0.15, -0.1) is 23.5 Å². The summed E-state index contributed by atoms with van der Waals surface area (Å²) in [5.41, 5.74) is 0.0112. The summed E-state index contributed by atoms with van der Waals surface area (Å²) >= 11 is 3.63. The van der Waals surface area contributed by atoms with E-state index >= 15 is 0 Å². The molecule has 0 radical (unpaired) electrons. The molecular weight excluding hydrogens is 405 g/mol. The Morgan fingerprint density at radius 2 is 1.65 bits per heavy atom. The van der Waals surface area contributed by atoms with Gasteiger partial charge < -0.3 is 4.18 Å². The number of alkyl halides is 3. The molecule has 140 valence electrons. The summed E-state index contributed by atoms with van der Waals surface area (Å²) < 4.78 is 69.0. The molecule has 0 spiro atoms. The van der Waals surface area contributed by atoms with Crippen LogP contribution in [0.15, 0.2) is 47.4 Å². The molecule has 1 aliphatic rings. The van der Waals surface area contributed by atoms with Gasteiger partial charge in [0, 0.05) is 11.5 Å². The molecule has 2 aromatic carbocycles. The van der Waals surface area contributed by atoms with Crippen molar-refractivity contribution in [3.05, 3.63) is 59.2 Å². The molecule has 2 aromatic rings. The van der Waals surface area contributed by atoms with E-state index in [1.54, 1.807) is 12.1 Å². The van der Waals surface area contributed by atoms with Crippen LogP contribution in [0.4, 0.5) is 13.2 Å². The molecule has 0 aliphatic carbocycles. The second-order valence-corrected chi connectivity index (χ2v) is 9.93. The first-order chi connectivity index (χ1) is 12.2. The van der Waals surface area contributed by atoms with Gasteiger partial charge in [-0.1, -0.05) is 18.2 Å². The predicted octanol–water partition coefficient (Wildman–Crippen LogP) is 5.26. The third-order valence-corrected chi connectivity index (χ3v) is 8.13. The van der Waals surface area contributed by atoms with Crippen molar-refractivity contribution in [1.29, 1.82) is 0 Å². The maximum atomic E-state index is 13.0. The highest BCUT2D eigenvalue weighted by atomic mass is 32.2. The van der Waals surface area contributed by atoms with Crippen molar-refractivity contribution in [3.8, 4) is 5.75 Å². The topological polar surface area (TPSA) is 43.4 Å². The van der Waals surface area contributed by atoms with Gasteiger partial charge in [0.15, 0.2) is 0 Å². The number of rotatable bonds is 4. The summed E-state index contributed by atoms with van der Waals surface area (Å²) in [6, 6.07) is 9.42. The third-order valence-electron chi connectivity index (χ3n) is 3.78. The summed E-state index contributed by atoms with van der Waals surface area (Å²) in [6.45, 7) is 1.28. The van der Waals surface area contributed by atoms with Crippen LogP contribution >= 0.6 is 23.5 Å². The zero-order chi connectivity index (χ0) is 18.9. The molecule has 0 unspecified atom stereocenters. The Balaban J connectivity index is 1.83. The van der Waals surface area contributed by atoms with Crippen LogP contribution in [-0.4, -0.2) is 19.9 Å². The summed E-state index contributed by atoms with van der Waals surface area (Å²) in [5.74, 6) is 2.20. The normalized spacial score (nSPS) is 16.0. The fourth-order valence-electron chi connectivity index (χ4n) is 2.47. The summed E-state index contributed by atoms with van der Waals surface area (Å²) in [5, 5.41) is 0. The second kappa shape index (κ2) is 7.36. The van der Waals surface area contributed by atoms with Gasteiger partial charge in [-0.25, -0.2) is 0 Å². The largest absolute Gasteiger partial charge is 0.416 e. The highest BCUT2D eigenvalue weighted by Gasteiger charge is 2.34. The standard InChI is InChI=1S/C17H15F3O3S3/c1-11-2-7-14(10-15(11)17(18,19)20)26(21,22)23-13-5-3-12(4-6-13)16-24-8-9-25-16/h2-7,10,16H,8-9H2,1H3. The molecule has 1 saturated heterocycles. The zero-order valence-corrected chi connectivity index (χ0v) is 16.1. The second-order valence-electron chi connectivity index (χ2n) is 5.65. The van der Waals surface area contributed by atoms with E-state index < -0.39 is 26.8 Å². The Bertz CT molecular complexity index is 888. The van der Waals surface area contributed by atoms with Crippen LogP contribution in [0, 0.1) is 6.92 Å². The minimum Gasteiger partial charge on any atom is -0.379 e. The van der Waals surface area contributed by atoms with E-state index in [-0.39, 0.29) is 11.3 Å². The van der Waals surface area contributed by atoms with Crippen molar-refractivity contribution in [2.45, 2.75) is 22.6 Å². The Kier molecular flexibility index (Phi) is 5.50. The molecule has 0 atom stereocenters. The lowest BCUT2D eigenvalue weighted by molar-refractivity contribution is -0.138. The quantitative estimate of drug-likeness (QED) is 0.631. The number of hydrogen-bond acceptors (Lipinski definition) is 5. The van der Waals surface area contributed by atoms with Gasteiger partial charge in [-0.2, -0.15) is 21.6 Å². The molecule has 3 rings (SSSR count). The van der Waals surface area contributed by atoms with Gasteiger partial charge >= 0.3 is 16.3 Å². The van der Waals surface area contributed by atoms with Crippen LogP contribution in [0.1, 0.15) is 21.3 Å². The Morgan fingerprint density at radius 1 is 1.04 bits per heavy atom. The number of thioether (sulfide) groups is 2. The minimum absolute atomic E-state index is 0.0487. The molecule has 0 aromatic heterocycles. The van der Waals surface area contributed by atoms with Crippen LogP contribution in [0.5, 0.6) is 5.75 Å². The van der Waals surface area contributed by atoms with Crippen molar-refractivity contribution < 1.29 is 25.8 Å². The fraction of sp³-hybridized carbons (Fsp3) is 0.294. The summed E-state index contributed by atoms with van der Waals surface area (Å²) in [7, 11) is -4.36. The van der Waals surface area contributed by atoms with Crippen molar-refractivity contribution >= 4 is 33.6 Å². The van der Waals surface area contributed by atoms with Crippen molar-refractivity contribution in [2.24, 2.45) is 0 Å². The average molecular weight is 420 g/mol. The van der Waals surface area contributed by atoms with E-state index in [4.69, 9.17) is 4.18 Å². The van der Waals surface area contributed by atoms with Crippen molar-refractivity contribution in [3.63, 3.8) is 0 Å². The van der Waals surface area contributed by atoms with Gasteiger partial charge in [0.1, 0.15) is 10.6 Å². The summed E-state index contributed by atoms with van der Waals surface area (Å²) in [4.78, 5) is -0.526. The zero-order valence-electron chi connectivity index (χ0n) is 13.6. The van der Waals surface area contributed by atoms with E-state index in [1.807, 2.05) is 23.5 Å². The van der Waals surface area contributed by atoms with Gasteiger partial charge in [0.2, 0.25) is 0 Å². The lowest BCUT2D eigenvalue weighted by Crippen LogP contribution is -2.13. The lowest BCUT2D eigenvalue weighted by atomic mass is 10.1. The number of halogens is 3. The molecule has 26 heavy (non-hydrogen) atoms. The Hall–Kier alpha value is -1.32. The number of aryl methyl sites for hydroxylation is 1. The summed E-state index contributed by atoms with van der Waals surface area (Å²) in [6.07, 6.45) is -4.63. The molecule has 9 heteroatoms. The third kappa shape index (κ3) is 4.32. The van der Waals surface area contributed by atoms with E-state index in [9.17, 15) is 21.6 Å². The van der Waals surface area contributed by atoms with Crippen LogP contribution in [0.25, 0.3) is 0 Å². The Morgan fingerprint density at radius 3 is 2.23 bits per heavy atom. The average Bonchev–Trinajstić information content (AvgIpc) is 3.09. The highest BCUT2D eigenvalue weighted by Crippen LogP contribution is 2.45. The lowest BCUT2D eigenvalue weighted by Gasteiger charge is -2.13. The smallest absolute Gasteiger partial charge is 0.379 e. The van der Waals surface area contributed by atoms with Crippen molar-refractivity contribution in [1.82, 2.24) is 0 Å². The molecule has 0 N–H and O–H groups in total. The van der Waals surface area contributed by atoms with Gasteiger partial charge in [-0.3, -0.25) is 0 Å². The first-order valence-corrected chi connectivity index (χ1v) is 11.1. The molecule has 3 nitrogen and oxygen atoms in total. The van der Waals surface area contributed by atoms with Crippen molar-refractivity contribution in [2.75, 3.05) is 11.5 Å². The van der Waals surface area contributed by atoms with E-state index in [0.717, 1.165) is 29.2 Å². The molecule has 1 fully saturated rings. The molecule has 1 heterocycles. The van der Waals surface area contributed by atoms with Crippen LogP contribution < -0.4 is 4.18 Å². The molecule has 0 saturated carbocycles. The molecule has 1 aliphatic heterocycles. The van der Waals surface area contributed by atoms with Gasteiger partial charge in [0.05, 0.1) is 10.1 Å². The molecular formula is C17H15F3O3S3. The molecule has 0 amide bonds. The van der Waals surface area contributed by atoms with Crippen LogP contribution in [0.3, 0.4) is 0 Å².